The van der Waals surface area contributed by atoms with Gasteiger partial charge in [0.05, 0.1) is 0 Å². The van der Waals surface area contributed by atoms with Gasteiger partial charge in [-0.1, -0.05) is 36.8 Å². The molecule has 0 unspecified atom stereocenters. The Hall–Kier alpha value is -0.860. The molecular formula is C14H22N2. The van der Waals surface area contributed by atoms with E-state index >= 15 is 0 Å². The summed E-state index contributed by atoms with van der Waals surface area (Å²) in [6, 6.07) is 10.7. The standard InChI is InChI=1S/C14H22N2/c15-9-10-16(12-14-7-4-8-14)11-13-5-2-1-3-6-13/h1-3,5-6,14H,4,7-12,15H2. The predicted octanol–water partition coefficient (Wildman–Crippen LogP) is 2.25. The lowest BCUT2D eigenvalue weighted by Crippen LogP contribution is -2.35. The molecule has 16 heavy (non-hydrogen) atoms. The summed E-state index contributed by atoms with van der Waals surface area (Å²) in [5, 5.41) is 0. The van der Waals surface area contributed by atoms with Gasteiger partial charge in [0.25, 0.3) is 0 Å². The maximum absolute atomic E-state index is 5.68. The van der Waals surface area contributed by atoms with Crippen LogP contribution in [0.25, 0.3) is 0 Å². The fraction of sp³-hybridized carbons (Fsp3) is 0.571. The third-order valence-corrected chi connectivity index (χ3v) is 3.44. The number of rotatable bonds is 6. The van der Waals surface area contributed by atoms with E-state index in [0.29, 0.717) is 0 Å². The number of hydrogen-bond acceptors (Lipinski definition) is 2. The van der Waals surface area contributed by atoms with Crippen LogP contribution in [0.2, 0.25) is 0 Å². The van der Waals surface area contributed by atoms with E-state index in [0.717, 1.165) is 25.6 Å². The van der Waals surface area contributed by atoms with Crippen molar-refractivity contribution in [1.29, 1.82) is 0 Å². The average molecular weight is 218 g/mol. The Bertz CT molecular complexity index is 293. The minimum atomic E-state index is 0.763. The van der Waals surface area contributed by atoms with Gasteiger partial charge in [-0.2, -0.15) is 0 Å². The predicted molar refractivity (Wildman–Crippen MR) is 68.1 cm³/mol. The van der Waals surface area contributed by atoms with Crippen LogP contribution in [-0.4, -0.2) is 24.5 Å². The highest BCUT2D eigenvalue weighted by atomic mass is 15.1. The topological polar surface area (TPSA) is 29.3 Å². The molecular weight excluding hydrogens is 196 g/mol. The van der Waals surface area contributed by atoms with Crippen molar-refractivity contribution in [2.75, 3.05) is 19.6 Å². The molecule has 1 fully saturated rings. The molecule has 2 N–H and O–H groups in total. The molecule has 2 rings (SSSR count). The quantitative estimate of drug-likeness (QED) is 0.793. The zero-order chi connectivity index (χ0) is 11.2. The molecule has 1 aromatic rings. The number of nitrogens with two attached hydrogens (primary N) is 1. The molecule has 1 aromatic carbocycles. The Morgan fingerprint density at radius 2 is 1.94 bits per heavy atom. The van der Waals surface area contributed by atoms with E-state index < -0.39 is 0 Å². The molecule has 2 nitrogen and oxygen atoms in total. The van der Waals surface area contributed by atoms with Gasteiger partial charge in [0, 0.05) is 26.2 Å². The van der Waals surface area contributed by atoms with Crippen LogP contribution < -0.4 is 5.73 Å². The highest BCUT2D eigenvalue weighted by molar-refractivity contribution is 5.14. The third-order valence-electron chi connectivity index (χ3n) is 3.44. The lowest BCUT2D eigenvalue weighted by Gasteiger charge is -2.32. The molecule has 0 aromatic heterocycles. The van der Waals surface area contributed by atoms with Crippen LogP contribution in [0.5, 0.6) is 0 Å². The van der Waals surface area contributed by atoms with E-state index in [1.807, 2.05) is 0 Å². The molecule has 0 saturated heterocycles. The van der Waals surface area contributed by atoms with Gasteiger partial charge in [0.15, 0.2) is 0 Å². The Morgan fingerprint density at radius 3 is 2.50 bits per heavy atom. The average Bonchev–Trinajstić information content (AvgIpc) is 2.25. The Morgan fingerprint density at radius 1 is 1.19 bits per heavy atom. The van der Waals surface area contributed by atoms with Crippen molar-refractivity contribution in [1.82, 2.24) is 4.90 Å². The SMILES string of the molecule is NCCN(Cc1ccccc1)CC1CCC1. The smallest absolute Gasteiger partial charge is 0.0234 e. The minimum absolute atomic E-state index is 0.763. The first-order valence-electron chi connectivity index (χ1n) is 6.35. The van der Waals surface area contributed by atoms with Crippen LogP contribution >= 0.6 is 0 Å². The minimum Gasteiger partial charge on any atom is -0.329 e. The van der Waals surface area contributed by atoms with Crippen molar-refractivity contribution in [3.63, 3.8) is 0 Å². The van der Waals surface area contributed by atoms with Crippen molar-refractivity contribution < 1.29 is 0 Å². The summed E-state index contributed by atoms with van der Waals surface area (Å²) < 4.78 is 0. The van der Waals surface area contributed by atoms with Gasteiger partial charge < -0.3 is 5.73 Å². The lowest BCUT2D eigenvalue weighted by atomic mass is 9.85. The van der Waals surface area contributed by atoms with Crippen LogP contribution in [0, 0.1) is 5.92 Å². The monoisotopic (exact) mass is 218 g/mol. The molecule has 1 aliphatic rings. The molecule has 0 aliphatic heterocycles. The normalized spacial score (nSPS) is 16.4. The molecule has 0 bridgehead atoms. The Labute approximate surface area is 98.4 Å². The number of benzene rings is 1. The van der Waals surface area contributed by atoms with Crippen LogP contribution in [0.15, 0.2) is 30.3 Å². The molecule has 0 radical (unpaired) electrons. The number of hydrogen-bond donors (Lipinski definition) is 1. The fourth-order valence-corrected chi connectivity index (χ4v) is 2.30. The fourth-order valence-electron chi connectivity index (χ4n) is 2.30. The van der Waals surface area contributed by atoms with E-state index in [1.165, 1.54) is 31.4 Å². The molecule has 1 saturated carbocycles. The van der Waals surface area contributed by atoms with Gasteiger partial charge in [-0.25, -0.2) is 0 Å². The van der Waals surface area contributed by atoms with Crippen LogP contribution in [-0.2, 0) is 6.54 Å². The number of nitrogens with zero attached hydrogens (tertiary/aromatic N) is 1. The van der Waals surface area contributed by atoms with E-state index in [-0.39, 0.29) is 0 Å². The van der Waals surface area contributed by atoms with Crippen molar-refractivity contribution in [2.45, 2.75) is 25.8 Å². The molecule has 0 spiro atoms. The van der Waals surface area contributed by atoms with Crippen LogP contribution in [0.4, 0.5) is 0 Å². The maximum atomic E-state index is 5.68. The molecule has 0 amide bonds. The highest BCUT2D eigenvalue weighted by Crippen LogP contribution is 2.27. The first-order valence-corrected chi connectivity index (χ1v) is 6.35. The molecule has 0 atom stereocenters. The second kappa shape index (κ2) is 6.02. The molecule has 2 heteroatoms. The highest BCUT2D eigenvalue weighted by Gasteiger charge is 2.20. The third kappa shape index (κ3) is 3.32. The summed E-state index contributed by atoms with van der Waals surface area (Å²) in [5.41, 5.74) is 7.07. The van der Waals surface area contributed by atoms with Crippen molar-refractivity contribution in [3.05, 3.63) is 35.9 Å². The van der Waals surface area contributed by atoms with Gasteiger partial charge in [0.1, 0.15) is 0 Å². The Balaban J connectivity index is 1.86. The van der Waals surface area contributed by atoms with Gasteiger partial charge >= 0.3 is 0 Å². The van der Waals surface area contributed by atoms with E-state index in [9.17, 15) is 0 Å². The van der Waals surface area contributed by atoms with E-state index in [4.69, 9.17) is 5.73 Å². The van der Waals surface area contributed by atoms with Crippen molar-refractivity contribution in [2.24, 2.45) is 11.7 Å². The summed E-state index contributed by atoms with van der Waals surface area (Å²) in [5.74, 6) is 0.926. The summed E-state index contributed by atoms with van der Waals surface area (Å²) in [7, 11) is 0. The van der Waals surface area contributed by atoms with Crippen molar-refractivity contribution in [3.8, 4) is 0 Å². The lowest BCUT2D eigenvalue weighted by molar-refractivity contribution is 0.175. The summed E-state index contributed by atoms with van der Waals surface area (Å²) >= 11 is 0. The summed E-state index contributed by atoms with van der Waals surface area (Å²) in [6.45, 7) is 4.06. The first-order chi connectivity index (χ1) is 7.88. The van der Waals surface area contributed by atoms with Gasteiger partial charge in [-0.05, 0) is 24.3 Å². The molecule has 88 valence electrons. The summed E-state index contributed by atoms with van der Waals surface area (Å²) in [6.07, 6.45) is 4.25. The van der Waals surface area contributed by atoms with E-state index in [1.54, 1.807) is 0 Å². The second-order valence-corrected chi connectivity index (χ2v) is 4.81. The second-order valence-electron chi connectivity index (χ2n) is 4.81. The van der Waals surface area contributed by atoms with Gasteiger partial charge in [0.2, 0.25) is 0 Å². The summed E-state index contributed by atoms with van der Waals surface area (Å²) in [4.78, 5) is 2.50. The Kier molecular flexibility index (Phi) is 4.37. The van der Waals surface area contributed by atoms with E-state index in [2.05, 4.69) is 35.2 Å². The molecule has 0 heterocycles. The van der Waals surface area contributed by atoms with Gasteiger partial charge in [-0.15, -0.1) is 0 Å². The zero-order valence-electron chi connectivity index (χ0n) is 9.94. The van der Waals surface area contributed by atoms with Crippen LogP contribution in [0.1, 0.15) is 24.8 Å². The van der Waals surface area contributed by atoms with Crippen LogP contribution in [0.3, 0.4) is 0 Å². The largest absolute Gasteiger partial charge is 0.329 e. The maximum Gasteiger partial charge on any atom is 0.0234 e. The van der Waals surface area contributed by atoms with Gasteiger partial charge in [-0.3, -0.25) is 4.90 Å². The first kappa shape index (κ1) is 11.6. The zero-order valence-corrected chi connectivity index (χ0v) is 9.94. The van der Waals surface area contributed by atoms with Crippen molar-refractivity contribution >= 4 is 0 Å². The molecule has 1 aliphatic carbocycles.